The van der Waals surface area contributed by atoms with E-state index in [-0.39, 0.29) is 12.1 Å². The van der Waals surface area contributed by atoms with E-state index in [9.17, 15) is 8.42 Å². The molecule has 4 rings (SSSR count). The standard InChI is InChI=1S/C22H31N3O2S2/c1-24(20-10-6-3-7-11-20)29(26,27)23-16-21(18-8-4-2-5-9-18)25-14-12-22-19(17-25)13-15-28-22/h2,4-5,8-9,13,15,20-21,23H,3,6-7,10-12,14,16-17H2,1H3/t21-/m1/s1. The zero-order valence-electron chi connectivity index (χ0n) is 17.1. The molecule has 29 heavy (non-hydrogen) atoms. The maximum Gasteiger partial charge on any atom is 0.279 e. The molecule has 7 heteroatoms. The second-order valence-electron chi connectivity index (χ2n) is 8.18. The van der Waals surface area contributed by atoms with E-state index in [2.05, 4.69) is 33.2 Å². The Morgan fingerprint density at radius 3 is 2.69 bits per heavy atom. The van der Waals surface area contributed by atoms with Crippen LogP contribution in [0.5, 0.6) is 0 Å². The second kappa shape index (κ2) is 9.27. The van der Waals surface area contributed by atoms with Gasteiger partial charge in [-0.05, 0) is 41.8 Å². The lowest BCUT2D eigenvalue weighted by Gasteiger charge is -2.36. The molecule has 2 aromatic rings. The van der Waals surface area contributed by atoms with E-state index in [1.165, 1.54) is 16.9 Å². The van der Waals surface area contributed by atoms with Crippen molar-refractivity contribution in [3.05, 3.63) is 57.8 Å². The first-order valence-electron chi connectivity index (χ1n) is 10.6. The van der Waals surface area contributed by atoms with Crippen LogP contribution in [0.15, 0.2) is 41.8 Å². The molecule has 0 radical (unpaired) electrons. The average Bonchev–Trinajstić information content (AvgIpc) is 3.23. The smallest absolute Gasteiger partial charge is 0.279 e. The van der Waals surface area contributed by atoms with Gasteiger partial charge in [-0.3, -0.25) is 4.90 Å². The van der Waals surface area contributed by atoms with Crippen molar-refractivity contribution in [2.24, 2.45) is 0 Å². The fraction of sp³-hybridized carbons (Fsp3) is 0.545. The van der Waals surface area contributed by atoms with Crippen LogP contribution >= 0.6 is 11.3 Å². The molecule has 1 aliphatic carbocycles. The van der Waals surface area contributed by atoms with E-state index in [0.717, 1.165) is 50.8 Å². The van der Waals surface area contributed by atoms with E-state index in [4.69, 9.17) is 0 Å². The van der Waals surface area contributed by atoms with E-state index in [0.29, 0.717) is 6.54 Å². The molecule has 0 unspecified atom stereocenters. The normalized spacial score (nSPS) is 19.9. The topological polar surface area (TPSA) is 52.7 Å². The highest BCUT2D eigenvalue weighted by Crippen LogP contribution is 2.30. The number of hydrogen-bond donors (Lipinski definition) is 1. The van der Waals surface area contributed by atoms with E-state index in [1.54, 1.807) is 11.4 Å². The molecule has 1 saturated carbocycles. The summed E-state index contributed by atoms with van der Waals surface area (Å²) in [6.45, 7) is 2.22. The molecule has 158 valence electrons. The van der Waals surface area contributed by atoms with Crippen molar-refractivity contribution in [3.8, 4) is 0 Å². The van der Waals surface area contributed by atoms with Crippen molar-refractivity contribution in [1.82, 2.24) is 13.9 Å². The Bertz CT molecular complexity index is 892. The number of nitrogens with zero attached hydrogens (tertiary/aromatic N) is 2. The lowest BCUT2D eigenvalue weighted by molar-refractivity contribution is 0.180. The summed E-state index contributed by atoms with van der Waals surface area (Å²) in [5.41, 5.74) is 2.54. The average molecular weight is 434 g/mol. The molecule has 0 bridgehead atoms. The van der Waals surface area contributed by atoms with Gasteiger partial charge in [0.25, 0.3) is 10.2 Å². The number of hydrogen-bond acceptors (Lipinski definition) is 4. The second-order valence-corrected chi connectivity index (χ2v) is 11.0. The Morgan fingerprint density at radius 1 is 1.17 bits per heavy atom. The summed E-state index contributed by atoms with van der Waals surface area (Å²) in [6.07, 6.45) is 6.42. The predicted molar refractivity (Wildman–Crippen MR) is 119 cm³/mol. The molecule has 1 atom stereocenters. The van der Waals surface area contributed by atoms with Gasteiger partial charge in [-0.1, -0.05) is 49.6 Å². The summed E-state index contributed by atoms with van der Waals surface area (Å²) in [6, 6.07) is 12.6. The number of benzene rings is 1. The van der Waals surface area contributed by atoms with Crippen molar-refractivity contribution in [1.29, 1.82) is 0 Å². The Balaban J connectivity index is 1.49. The Hall–Kier alpha value is -1.25. The van der Waals surface area contributed by atoms with E-state index < -0.39 is 10.2 Å². The molecule has 1 aromatic heterocycles. The number of rotatable bonds is 7. The first kappa shape index (κ1) is 21.0. The van der Waals surface area contributed by atoms with Gasteiger partial charge in [0.15, 0.2) is 0 Å². The highest BCUT2D eigenvalue weighted by atomic mass is 32.2. The van der Waals surface area contributed by atoms with Crippen LogP contribution in [-0.2, 0) is 23.2 Å². The van der Waals surface area contributed by atoms with Crippen LogP contribution in [-0.4, -0.2) is 43.8 Å². The van der Waals surface area contributed by atoms with Crippen LogP contribution in [0.3, 0.4) is 0 Å². The molecule has 1 N–H and O–H groups in total. The third-order valence-electron chi connectivity index (χ3n) is 6.39. The van der Waals surface area contributed by atoms with Crippen molar-refractivity contribution < 1.29 is 8.42 Å². The highest BCUT2D eigenvalue weighted by molar-refractivity contribution is 7.87. The first-order chi connectivity index (χ1) is 14.0. The van der Waals surface area contributed by atoms with E-state index >= 15 is 0 Å². The van der Waals surface area contributed by atoms with Crippen LogP contribution < -0.4 is 4.72 Å². The maximum atomic E-state index is 13.0. The van der Waals surface area contributed by atoms with Gasteiger partial charge in [0.2, 0.25) is 0 Å². The molecular weight excluding hydrogens is 402 g/mol. The van der Waals surface area contributed by atoms with Crippen LogP contribution in [0, 0.1) is 0 Å². The van der Waals surface area contributed by atoms with E-state index in [1.807, 2.05) is 29.5 Å². The van der Waals surface area contributed by atoms with Gasteiger partial charge in [0.05, 0.1) is 0 Å². The number of nitrogens with one attached hydrogen (secondary N) is 1. The maximum absolute atomic E-state index is 13.0. The lowest BCUT2D eigenvalue weighted by Crippen LogP contribution is -2.47. The van der Waals surface area contributed by atoms with Crippen LogP contribution in [0.25, 0.3) is 0 Å². The van der Waals surface area contributed by atoms with Crippen LogP contribution in [0.4, 0.5) is 0 Å². The third kappa shape index (κ3) is 4.91. The first-order valence-corrected chi connectivity index (χ1v) is 12.9. The highest BCUT2D eigenvalue weighted by Gasteiger charge is 2.30. The molecule has 1 fully saturated rings. The van der Waals surface area contributed by atoms with Gasteiger partial charge in [-0.2, -0.15) is 12.7 Å². The van der Waals surface area contributed by atoms with Gasteiger partial charge in [0, 0.05) is 43.6 Å². The summed E-state index contributed by atoms with van der Waals surface area (Å²) < 4.78 is 30.5. The molecule has 1 aliphatic heterocycles. The summed E-state index contributed by atoms with van der Waals surface area (Å²) in [5.74, 6) is 0. The molecule has 1 aromatic carbocycles. The molecular formula is C22H31N3O2S2. The third-order valence-corrected chi connectivity index (χ3v) is 9.00. The van der Waals surface area contributed by atoms with Crippen LogP contribution in [0.2, 0.25) is 0 Å². The Labute approximate surface area is 178 Å². The molecule has 0 spiro atoms. The van der Waals surface area contributed by atoms with Gasteiger partial charge < -0.3 is 0 Å². The van der Waals surface area contributed by atoms with Crippen molar-refractivity contribution in [2.45, 2.75) is 57.2 Å². The molecule has 2 aliphatic rings. The molecule has 2 heterocycles. The zero-order chi connectivity index (χ0) is 20.3. The number of thiophene rings is 1. The minimum absolute atomic E-state index is 0.0266. The fourth-order valence-corrected chi connectivity index (χ4v) is 6.66. The summed E-state index contributed by atoms with van der Waals surface area (Å²) in [5, 5.41) is 2.16. The van der Waals surface area contributed by atoms with Crippen molar-refractivity contribution >= 4 is 21.5 Å². The summed E-state index contributed by atoms with van der Waals surface area (Å²) in [4.78, 5) is 3.87. The van der Waals surface area contributed by atoms with Crippen molar-refractivity contribution in [2.75, 3.05) is 20.1 Å². The largest absolute Gasteiger partial charge is 0.290 e. The molecule has 5 nitrogen and oxygen atoms in total. The fourth-order valence-electron chi connectivity index (χ4n) is 4.60. The lowest BCUT2D eigenvalue weighted by atomic mass is 9.96. The van der Waals surface area contributed by atoms with Crippen LogP contribution in [0.1, 0.15) is 54.1 Å². The van der Waals surface area contributed by atoms with Crippen molar-refractivity contribution in [3.63, 3.8) is 0 Å². The SMILES string of the molecule is CN(C1CCCCC1)S(=O)(=O)NC[C@H](c1ccccc1)N1CCc2sccc2C1. The summed E-state index contributed by atoms with van der Waals surface area (Å²) >= 11 is 1.83. The van der Waals surface area contributed by atoms with Gasteiger partial charge in [-0.15, -0.1) is 11.3 Å². The monoisotopic (exact) mass is 433 g/mol. The molecule has 0 saturated heterocycles. The van der Waals surface area contributed by atoms with Gasteiger partial charge >= 0.3 is 0 Å². The Kier molecular flexibility index (Phi) is 6.71. The van der Waals surface area contributed by atoms with Gasteiger partial charge in [-0.25, -0.2) is 4.72 Å². The minimum Gasteiger partial charge on any atom is -0.290 e. The predicted octanol–water partition coefficient (Wildman–Crippen LogP) is 3.95. The number of fused-ring (bicyclic) bond motifs is 1. The summed E-state index contributed by atoms with van der Waals surface area (Å²) in [7, 11) is -1.76. The minimum atomic E-state index is -3.49. The van der Waals surface area contributed by atoms with Gasteiger partial charge in [0.1, 0.15) is 0 Å². The Morgan fingerprint density at radius 2 is 1.93 bits per heavy atom. The quantitative estimate of drug-likeness (QED) is 0.719. The molecule has 0 amide bonds. The zero-order valence-corrected chi connectivity index (χ0v) is 18.7.